The van der Waals surface area contributed by atoms with E-state index in [9.17, 15) is 4.79 Å². The van der Waals surface area contributed by atoms with E-state index in [1.165, 1.54) is 22.5 Å². The highest BCUT2D eigenvalue weighted by atomic mass is 32.1. The number of nitrogens with one attached hydrogen (secondary N) is 2. The van der Waals surface area contributed by atoms with Gasteiger partial charge in [0.15, 0.2) is 5.13 Å². The zero-order valence-corrected chi connectivity index (χ0v) is 14.7. The highest BCUT2D eigenvalue weighted by molar-refractivity contribution is 7.14. The minimum absolute atomic E-state index is 0.0831. The number of amides is 1. The summed E-state index contributed by atoms with van der Waals surface area (Å²) in [5.74, 6) is 0.180. The molecule has 1 aliphatic rings. The molecule has 0 aliphatic carbocycles. The number of aryl methyl sites for hydroxylation is 2. The van der Waals surface area contributed by atoms with Gasteiger partial charge in [-0.2, -0.15) is 0 Å². The molecule has 0 saturated carbocycles. The molecule has 0 bridgehead atoms. The van der Waals surface area contributed by atoms with Gasteiger partial charge in [0.05, 0.1) is 5.69 Å². The average molecular weight is 329 g/mol. The lowest BCUT2D eigenvalue weighted by Crippen LogP contribution is -2.40. The van der Waals surface area contributed by atoms with Crippen molar-refractivity contribution in [2.45, 2.75) is 39.7 Å². The molecule has 0 radical (unpaired) electrons. The summed E-state index contributed by atoms with van der Waals surface area (Å²) in [4.78, 5) is 17.0. The van der Waals surface area contributed by atoms with E-state index in [0.29, 0.717) is 11.2 Å². The Bertz CT molecular complexity index is 710. The van der Waals surface area contributed by atoms with Gasteiger partial charge < -0.3 is 10.6 Å². The lowest BCUT2D eigenvalue weighted by molar-refractivity contribution is -0.120. The van der Waals surface area contributed by atoms with E-state index in [2.05, 4.69) is 54.6 Å². The van der Waals surface area contributed by atoms with Crippen LogP contribution in [0.4, 0.5) is 5.13 Å². The van der Waals surface area contributed by atoms with Crippen LogP contribution in [0.5, 0.6) is 0 Å². The fourth-order valence-corrected chi connectivity index (χ4v) is 3.85. The maximum atomic E-state index is 12.4. The molecule has 1 aromatic carbocycles. The predicted molar refractivity (Wildman–Crippen MR) is 95.8 cm³/mol. The van der Waals surface area contributed by atoms with Gasteiger partial charge in [0.1, 0.15) is 0 Å². The van der Waals surface area contributed by atoms with E-state index < -0.39 is 0 Å². The molecule has 1 saturated heterocycles. The number of hydrogen-bond donors (Lipinski definition) is 2. The molecule has 1 amide bonds. The summed E-state index contributed by atoms with van der Waals surface area (Å²) in [6.07, 6.45) is 1.78. The van der Waals surface area contributed by atoms with Crippen molar-refractivity contribution in [2.75, 3.05) is 11.9 Å². The van der Waals surface area contributed by atoms with Crippen molar-refractivity contribution in [1.29, 1.82) is 0 Å². The number of thiazole rings is 1. The molecule has 3 rings (SSSR count). The van der Waals surface area contributed by atoms with Crippen LogP contribution in [0, 0.1) is 19.8 Å². The van der Waals surface area contributed by atoms with Crippen molar-refractivity contribution < 1.29 is 4.79 Å². The standard InChI is InChI=1S/C18H23N3OS/c1-11-4-5-15(12(2)8-11)16-10-23-18(20-16)21-17(22)14-6-7-19-13(3)9-14/h4-5,8,10,13-14,19H,6-7,9H2,1-3H3,(H,20,21,22)/t13-,14-/m0/s1. The monoisotopic (exact) mass is 329 g/mol. The van der Waals surface area contributed by atoms with E-state index in [1.807, 2.05) is 5.38 Å². The molecule has 2 aromatic rings. The number of aromatic nitrogens is 1. The van der Waals surface area contributed by atoms with Crippen LogP contribution < -0.4 is 10.6 Å². The molecular weight excluding hydrogens is 306 g/mol. The van der Waals surface area contributed by atoms with Crippen molar-refractivity contribution in [3.8, 4) is 11.3 Å². The number of piperidine rings is 1. The number of rotatable bonds is 3. The first-order valence-electron chi connectivity index (χ1n) is 8.10. The maximum absolute atomic E-state index is 12.4. The van der Waals surface area contributed by atoms with Gasteiger partial charge in [-0.25, -0.2) is 4.98 Å². The third-order valence-electron chi connectivity index (χ3n) is 4.39. The molecule has 1 aliphatic heterocycles. The quantitative estimate of drug-likeness (QED) is 0.901. The van der Waals surface area contributed by atoms with Crippen molar-refractivity contribution in [3.63, 3.8) is 0 Å². The zero-order valence-electron chi connectivity index (χ0n) is 13.8. The average Bonchev–Trinajstić information content (AvgIpc) is 2.95. The van der Waals surface area contributed by atoms with Crippen LogP contribution in [0.1, 0.15) is 30.9 Å². The van der Waals surface area contributed by atoms with Gasteiger partial charge in [0.2, 0.25) is 5.91 Å². The normalized spacial score (nSPS) is 21.2. The molecule has 5 heteroatoms. The fourth-order valence-electron chi connectivity index (χ4n) is 3.13. The molecule has 0 spiro atoms. The molecule has 0 unspecified atom stereocenters. The van der Waals surface area contributed by atoms with Crippen LogP contribution in [0.3, 0.4) is 0 Å². The van der Waals surface area contributed by atoms with Gasteiger partial charge >= 0.3 is 0 Å². The third kappa shape index (κ3) is 3.79. The Labute approximate surface area is 141 Å². The minimum Gasteiger partial charge on any atom is -0.314 e. The first kappa shape index (κ1) is 16.1. The second-order valence-corrected chi connectivity index (χ2v) is 7.28. The smallest absolute Gasteiger partial charge is 0.229 e. The number of carbonyl (C=O) groups is 1. The summed E-state index contributed by atoms with van der Waals surface area (Å²) in [5, 5.41) is 9.07. The van der Waals surface area contributed by atoms with Crippen molar-refractivity contribution in [3.05, 3.63) is 34.7 Å². The second-order valence-electron chi connectivity index (χ2n) is 6.42. The largest absolute Gasteiger partial charge is 0.314 e. The van der Waals surface area contributed by atoms with Crippen LogP contribution in [0.2, 0.25) is 0 Å². The lowest BCUT2D eigenvalue weighted by Gasteiger charge is -2.26. The SMILES string of the molecule is Cc1ccc(-c2csc(NC(=O)[C@H]3CCN[C@@H](C)C3)n2)c(C)c1. The lowest BCUT2D eigenvalue weighted by atomic mass is 9.92. The molecule has 1 fully saturated rings. The number of hydrogen-bond acceptors (Lipinski definition) is 4. The summed E-state index contributed by atoms with van der Waals surface area (Å²) in [7, 11) is 0. The van der Waals surface area contributed by atoms with E-state index in [4.69, 9.17) is 0 Å². The number of carbonyl (C=O) groups excluding carboxylic acids is 1. The van der Waals surface area contributed by atoms with Crippen LogP contribution in [-0.2, 0) is 4.79 Å². The summed E-state index contributed by atoms with van der Waals surface area (Å²) >= 11 is 1.49. The van der Waals surface area contributed by atoms with Crippen LogP contribution in [0.15, 0.2) is 23.6 Å². The van der Waals surface area contributed by atoms with Crippen LogP contribution in [-0.4, -0.2) is 23.5 Å². The Morgan fingerprint density at radius 3 is 2.96 bits per heavy atom. The fraction of sp³-hybridized carbons (Fsp3) is 0.444. The number of nitrogens with zero attached hydrogens (tertiary/aromatic N) is 1. The second kappa shape index (κ2) is 6.81. The first-order chi connectivity index (χ1) is 11.0. The van der Waals surface area contributed by atoms with Gasteiger partial charge in [-0.3, -0.25) is 4.79 Å². The van der Waals surface area contributed by atoms with Crippen LogP contribution >= 0.6 is 11.3 Å². The molecule has 2 heterocycles. The Kier molecular flexibility index (Phi) is 4.78. The summed E-state index contributed by atoms with van der Waals surface area (Å²) in [6, 6.07) is 6.75. The van der Waals surface area contributed by atoms with Gasteiger partial charge in [0.25, 0.3) is 0 Å². The summed E-state index contributed by atoms with van der Waals surface area (Å²) in [6.45, 7) is 7.21. The number of anilines is 1. The van der Waals surface area contributed by atoms with Gasteiger partial charge in [0, 0.05) is 22.9 Å². The molecule has 23 heavy (non-hydrogen) atoms. The van der Waals surface area contributed by atoms with E-state index in [1.54, 1.807) is 0 Å². The molecular formula is C18H23N3OS. The molecule has 1 aromatic heterocycles. The Morgan fingerprint density at radius 1 is 1.39 bits per heavy atom. The predicted octanol–water partition coefficient (Wildman–Crippen LogP) is 3.75. The van der Waals surface area contributed by atoms with E-state index >= 15 is 0 Å². The van der Waals surface area contributed by atoms with E-state index in [0.717, 1.165) is 30.6 Å². The topological polar surface area (TPSA) is 54.0 Å². The number of benzene rings is 1. The Balaban J connectivity index is 1.70. The minimum atomic E-state index is 0.0831. The van der Waals surface area contributed by atoms with Crippen molar-refractivity contribution >= 4 is 22.4 Å². The molecule has 4 nitrogen and oxygen atoms in total. The van der Waals surface area contributed by atoms with Crippen LogP contribution in [0.25, 0.3) is 11.3 Å². The maximum Gasteiger partial charge on any atom is 0.229 e. The van der Waals surface area contributed by atoms with Gasteiger partial charge in [-0.15, -0.1) is 11.3 Å². The Morgan fingerprint density at radius 2 is 2.22 bits per heavy atom. The van der Waals surface area contributed by atoms with E-state index in [-0.39, 0.29) is 11.8 Å². The highest BCUT2D eigenvalue weighted by Gasteiger charge is 2.25. The van der Waals surface area contributed by atoms with Gasteiger partial charge in [-0.1, -0.05) is 23.8 Å². The molecule has 122 valence electrons. The Hall–Kier alpha value is -1.72. The van der Waals surface area contributed by atoms with Crippen molar-refractivity contribution in [2.24, 2.45) is 5.92 Å². The zero-order chi connectivity index (χ0) is 16.4. The molecule has 2 N–H and O–H groups in total. The van der Waals surface area contributed by atoms with Crippen molar-refractivity contribution in [1.82, 2.24) is 10.3 Å². The van der Waals surface area contributed by atoms with Gasteiger partial charge in [-0.05, 0) is 45.7 Å². The molecule has 2 atom stereocenters. The summed E-state index contributed by atoms with van der Waals surface area (Å²) in [5.41, 5.74) is 4.51. The third-order valence-corrected chi connectivity index (χ3v) is 5.14. The highest BCUT2D eigenvalue weighted by Crippen LogP contribution is 2.28. The summed E-state index contributed by atoms with van der Waals surface area (Å²) < 4.78 is 0. The first-order valence-corrected chi connectivity index (χ1v) is 8.98.